The molecule has 0 aliphatic rings. The first-order valence-electron chi connectivity index (χ1n) is 23.6. The van der Waals surface area contributed by atoms with Gasteiger partial charge in [0.15, 0.2) is 18.3 Å². The van der Waals surface area contributed by atoms with Crippen LogP contribution >= 0.6 is 0 Å². The van der Waals surface area contributed by atoms with Gasteiger partial charge in [0.05, 0.1) is 0 Å². The summed E-state index contributed by atoms with van der Waals surface area (Å²) in [6.07, 6.45) is 21.0. The summed E-state index contributed by atoms with van der Waals surface area (Å²) in [5, 5.41) is 0. The van der Waals surface area contributed by atoms with Gasteiger partial charge in [0, 0.05) is 32.1 Å². The minimum atomic E-state index is -1.38. The Labute approximate surface area is 354 Å². The standard InChI is InChI=1S/C47H87NO10/c1-7-11-15-19-23-27-32-42(49)54-38-40(56-44(51)34-29-25-21-17-13-9-3)47(58-46(53)36-31-37-48(5)6)41(57-45(52)35-30-26-22-18-14-10-4)39-55-43(50)33-28-24-20-16-12-8-2/h40-41,47H,7-39H2,1-6H3. The van der Waals surface area contributed by atoms with Gasteiger partial charge in [-0.15, -0.1) is 0 Å². The van der Waals surface area contributed by atoms with Crippen molar-refractivity contribution < 1.29 is 47.7 Å². The highest BCUT2D eigenvalue weighted by Gasteiger charge is 2.40. The number of rotatable bonds is 41. The largest absolute Gasteiger partial charge is 0.462 e. The monoisotopic (exact) mass is 826 g/mol. The van der Waals surface area contributed by atoms with Crippen LogP contribution in [0.25, 0.3) is 0 Å². The Kier molecular flexibility index (Phi) is 37.9. The summed E-state index contributed by atoms with van der Waals surface area (Å²) >= 11 is 0. The molecule has 2 unspecified atom stereocenters. The highest BCUT2D eigenvalue weighted by atomic mass is 16.6. The van der Waals surface area contributed by atoms with Gasteiger partial charge in [-0.2, -0.15) is 0 Å². The van der Waals surface area contributed by atoms with Gasteiger partial charge in [-0.25, -0.2) is 0 Å². The summed E-state index contributed by atoms with van der Waals surface area (Å²) in [6, 6.07) is 0. The molecule has 0 aliphatic heterocycles. The van der Waals surface area contributed by atoms with E-state index in [-0.39, 0.29) is 32.1 Å². The van der Waals surface area contributed by atoms with Crippen molar-refractivity contribution in [2.75, 3.05) is 33.9 Å². The van der Waals surface area contributed by atoms with Crippen LogP contribution in [0.15, 0.2) is 0 Å². The molecule has 0 amide bonds. The predicted molar refractivity (Wildman–Crippen MR) is 231 cm³/mol. The second-order valence-corrected chi connectivity index (χ2v) is 16.4. The molecule has 2 atom stereocenters. The quantitative estimate of drug-likeness (QED) is 0.0331. The molecule has 0 bridgehead atoms. The first-order chi connectivity index (χ1) is 28.1. The summed E-state index contributed by atoms with van der Waals surface area (Å²) in [5.74, 6) is -2.55. The number of carbonyl (C=O) groups is 5. The number of hydrogen-bond acceptors (Lipinski definition) is 11. The van der Waals surface area contributed by atoms with Crippen LogP contribution in [0.1, 0.15) is 220 Å². The third-order valence-electron chi connectivity index (χ3n) is 10.3. The molecule has 11 heteroatoms. The second kappa shape index (κ2) is 39.8. The fourth-order valence-corrected chi connectivity index (χ4v) is 6.68. The highest BCUT2D eigenvalue weighted by molar-refractivity contribution is 5.72. The molecule has 340 valence electrons. The van der Waals surface area contributed by atoms with E-state index in [0.717, 1.165) is 128 Å². The first-order valence-corrected chi connectivity index (χ1v) is 23.6. The van der Waals surface area contributed by atoms with Gasteiger partial charge in [0.2, 0.25) is 0 Å². The normalized spacial score (nSPS) is 12.8. The zero-order valence-corrected chi connectivity index (χ0v) is 38.1. The lowest BCUT2D eigenvalue weighted by molar-refractivity contribution is -0.197. The average molecular weight is 826 g/mol. The third kappa shape index (κ3) is 34.2. The Morgan fingerprint density at radius 1 is 0.362 bits per heavy atom. The van der Waals surface area contributed by atoms with Crippen molar-refractivity contribution in [3.05, 3.63) is 0 Å². The number of hydrogen-bond donors (Lipinski definition) is 0. The van der Waals surface area contributed by atoms with E-state index in [2.05, 4.69) is 27.7 Å². The first kappa shape index (κ1) is 55.3. The minimum Gasteiger partial charge on any atom is -0.462 e. The Bertz CT molecular complexity index is 969. The zero-order chi connectivity index (χ0) is 43.1. The van der Waals surface area contributed by atoms with Crippen molar-refractivity contribution in [1.29, 1.82) is 0 Å². The molecule has 0 heterocycles. The zero-order valence-electron chi connectivity index (χ0n) is 38.1. The van der Waals surface area contributed by atoms with Crippen molar-refractivity contribution in [3.63, 3.8) is 0 Å². The summed E-state index contributed by atoms with van der Waals surface area (Å²) in [4.78, 5) is 68.2. The molecule has 0 rings (SSSR count). The number of nitrogens with zero attached hydrogens (tertiary/aromatic N) is 1. The Hall–Kier alpha value is -2.69. The van der Waals surface area contributed by atoms with Gasteiger partial charge in [-0.05, 0) is 52.7 Å². The van der Waals surface area contributed by atoms with E-state index in [9.17, 15) is 24.0 Å². The highest BCUT2D eigenvalue weighted by Crippen LogP contribution is 2.20. The fraction of sp³-hybridized carbons (Fsp3) is 0.894. The molecular formula is C47H87NO10. The number of ether oxygens (including phenoxy) is 5. The Balaban J connectivity index is 6.35. The van der Waals surface area contributed by atoms with Crippen LogP contribution in [0, 0.1) is 0 Å². The van der Waals surface area contributed by atoms with E-state index in [1.807, 2.05) is 19.0 Å². The van der Waals surface area contributed by atoms with E-state index >= 15 is 0 Å². The second-order valence-electron chi connectivity index (χ2n) is 16.4. The average Bonchev–Trinajstić information content (AvgIpc) is 3.19. The van der Waals surface area contributed by atoms with Gasteiger partial charge in [-0.1, -0.05) is 156 Å². The molecular weight excluding hydrogens is 739 g/mol. The van der Waals surface area contributed by atoms with Gasteiger partial charge < -0.3 is 28.6 Å². The maximum absolute atomic E-state index is 13.4. The van der Waals surface area contributed by atoms with Crippen molar-refractivity contribution in [2.45, 2.75) is 239 Å². The molecule has 0 fully saturated rings. The Morgan fingerprint density at radius 3 is 0.966 bits per heavy atom. The molecule has 0 aromatic rings. The number of carbonyl (C=O) groups excluding carboxylic acids is 5. The predicted octanol–water partition coefficient (Wildman–Crippen LogP) is 11.2. The molecule has 0 aromatic heterocycles. The SMILES string of the molecule is CCCCCCCCC(=O)OCC(OC(=O)CCCCCCCC)C(OC(=O)CCCN(C)C)C(COC(=O)CCCCCCCC)OC(=O)CCCCCCCC. The van der Waals surface area contributed by atoms with Crippen LogP contribution in [0.5, 0.6) is 0 Å². The summed E-state index contributed by atoms with van der Waals surface area (Å²) < 4.78 is 29.4. The van der Waals surface area contributed by atoms with Gasteiger partial charge in [0.25, 0.3) is 0 Å². The molecule has 0 aliphatic carbocycles. The molecule has 58 heavy (non-hydrogen) atoms. The molecule has 0 spiro atoms. The number of unbranched alkanes of at least 4 members (excludes halogenated alkanes) is 20. The lowest BCUT2D eigenvalue weighted by Gasteiger charge is -2.32. The minimum absolute atomic E-state index is 0.0567. The van der Waals surface area contributed by atoms with E-state index in [1.165, 1.54) is 0 Å². The van der Waals surface area contributed by atoms with Crippen LogP contribution in [-0.4, -0.2) is 86.9 Å². The maximum atomic E-state index is 13.4. The van der Waals surface area contributed by atoms with Crippen LogP contribution in [0.4, 0.5) is 0 Å². The summed E-state index contributed by atoms with van der Waals surface area (Å²) in [7, 11) is 3.82. The maximum Gasteiger partial charge on any atom is 0.306 e. The van der Waals surface area contributed by atoms with Crippen molar-refractivity contribution in [2.24, 2.45) is 0 Å². The summed E-state index contributed by atoms with van der Waals surface area (Å²) in [5.41, 5.74) is 0. The van der Waals surface area contributed by atoms with Gasteiger partial charge in [-0.3, -0.25) is 24.0 Å². The number of esters is 5. The van der Waals surface area contributed by atoms with Crippen molar-refractivity contribution in [3.8, 4) is 0 Å². The van der Waals surface area contributed by atoms with E-state index in [0.29, 0.717) is 38.6 Å². The molecule has 0 saturated heterocycles. The fourth-order valence-electron chi connectivity index (χ4n) is 6.68. The lowest BCUT2D eigenvalue weighted by atomic mass is 10.1. The van der Waals surface area contributed by atoms with Gasteiger partial charge >= 0.3 is 29.8 Å². The van der Waals surface area contributed by atoms with Crippen molar-refractivity contribution in [1.82, 2.24) is 4.90 Å². The third-order valence-corrected chi connectivity index (χ3v) is 10.3. The topological polar surface area (TPSA) is 135 Å². The van der Waals surface area contributed by atoms with Crippen molar-refractivity contribution >= 4 is 29.8 Å². The van der Waals surface area contributed by atoms with Crippen LogP contribution in [-0.2, 0) is 47.7 Å². The molecule has 0 N–H and O–H groups in total. The van der Waals surface area contributed by atoms with Crippen LogP contribution < -0.4 is 0 Å². The summed E-state index contributed by atoms with van der Waals surface area (Å²) in [6.45, 7) is 8.46. The van der Waals surface area contributed by atoms with E-state index < -0.39 is 61.4 Å². The Morgan fingerprint density at radius 2 is 0.638 bits per heavy atom. The van der Waals surface area contributed by atoms with Crippen LogP contribution in [0.3, 0.4) is 0 Å². The van der Waals surface area contributed by atoms with Gasteiger partial charge in [0.1, 0.15) is 13.2 Å². The lowest BCUT2D eigenvalue weighted by Crippen LogP contribution is -2.50. The smallest absolute Gasteiger partial charge is 0.306 e. The molecule has 0 saturated carbocycles. The molecule has 11 nitrogen and oxygen atoms in total. The molecule has 0 radical (unpaired) electrons. The molecule has 0 aromatic carbocycles. The van der Waals surface area contributed by atoms with E-state index in [1.54, 1.807) is 0 Å². The van der Waals surface area contributed by atoms with Crippen LogP contribution in [0.2, 0.25) is 0 Å². The van der Waals surface area contributed by atoms with E-state index in [4.69, 9.17) is 23.7 Å².